The summed E-state index contributed by atoms with van der Waals surface area (Å²) in [6.45, 7) is 1.14. The van der Waals surface area contributed by atoms with Gasteiger partial charge in [0.25, 0.3) is 5.91 Å². The van der Waals surface area contributed by atoms with Gasteiger partial charge in [-0.05, 0) is 30.9 Å². The monoisotopic (exact) mass is 433 g/mol. The first-order valence-electron chi connectivity index (χ1n) is 9.16. The van der Waals surface area contributed by atoms with Crippen molar-refractivity contribution in [2.24, 2.45) is 11.7 Å². The number of ether oxygens (including phenoxy) is 2. The summed E-state index contributed by atoms with van der Waals surface area (Å²) in [5.74, 6) is -0.800. The number of halogens is 3. The smallest absolute Gasteiger partial charge is 0.421 e. The lowest BCUT2D eigenvalue weighted by molar-refractivity contribution is -0.139. The largest absolute Gasteiger partial charge is 0.477 e. The molecule has 2 aliphatic heterocycles. The van der Waals surface area contributed by atoms with E-state index in [1.54, 1.807) is 0 Å². The van der Waals surface area contributed by atoms with Gasteiger partial charge >= 0.3 is 6.18 Å². The SMILES string of the molecule is NC(=O)CC1(NC(=O)c2ccc(C(F)(F)F)c(OCC3CCOCC3)n2)CSC1. The Morgan fingerprint density at radius 2 is 2.00 bits per heavy atom. The maximum absolute atomic E-state index is 13.3. The summed E-state index contributed by atoms with van der Waals surface area (Å²) < 4.78 is 50.6. The van der Waals surface area contributed by atoms with Crippen molar-refractivity contribution in [3.63, 3.8) is 0 Å². The van der Waals surface area contributed by atoms with Crippen molar-refractivity contribution in [1.29, 1.82) is 0 Å². The number of nitrogens with one attached hydrogen (secondary N) is 1. The Morgan fingerprint density at radius 1 is 1.31 bits per heavy atom. The van der Waals surface area contributed by atoms with Crippen LogP contribution in [-0.4, -0.2) is 53.7 Å². The van der Waals surface area contributed by atoms with Crippen LogP contribution in [0.1, 0.15) is 35.3 Å². The molecule has 0 bridgehead atoms. The predicted octanol–water partition coefficient (Wildman–Crippen LogP) is 2.00. The third-order valence-electron chi connectivity index (χ3n) is 4.84. The van der Waals surface area contributed by atoms with E-state index in [0.717, 1.165) is 12.1 Å². The van der Waals surface area contributed by atoms with Crippen molar-refractivity contribution in [3.8, 4) is 5.88 Å². The van der Waals surface area contributed by atoms with Gasteiger partial charge in [-0.15, -0.1) is 0 Å². The van der Waals surface area contributed by atoms with Crippen LogP contribution < -0.4 is 15.8 Å². The van der Waals surface area contributed by atoms with E-state index in [-0.39, 0.29) is 24.6 Å². The Bertz CT molecular complexity index is 765. The summed E-state index contributed by atoms with van der Waals surface area (Å²) in [7, 11) is 0. The van der Waals surface area contributed by atoms with Crippen molar-refractivity contribution >= 4 is 23.6 Å². The Morgan fingerprint density at radius 3 is 2.55 bits per heavy atom. The number of hydrogen-bond acceptors (Lipinski definition) is 6. The number of aromatic nitrogens is 1. The molecule has 0 atom stereocenters. The Hall–Kier alpha value is -2.01. The number of amides is 2. The second-order valence-corrected chi connectivity index (χ2v) is 8.27. The summed E-state index contributed by atoms with van der Waals surface area (Å²) >= 11 is 1.53. The van der Waals surface area contributed by atoms with Gasteiger partial charge < -0.3 is 20.5 Å². The van der Waals surface area contributed by atoms with Crippen LogP contribution in [0.5, 0.6) is 5.88 Å². The van der Waals surface area contributed by atoms with E-state index in [0.29, 0.717) is 37.6 Å². The highest BCUT2D eigenvalue weighted by Gasteiger charge is 2.41. The number of carbonyl (C=O) groups excluding carboxylic acids is 2. The zero-order chi connectivity index (χ0) is 21.1. The summed E-state index contributed by atoms with van der Waals surface area (Å²) in [4.78, 5) is 27.7. The third kappa shape index (κ3) is 5.53. The highest BCUT2D eigenvalue weighted by molar-refractivity contribution is 8.00. The molecule has 0 unspecified atom stereocenters. The quantitative estimate of drug-likeness (QED) is 0.682. The molecule has 1 aromatic rings. The highest BCUT2D eigenvalue weighted by Crippen LogP contribution is 2.36. The molecule has 7 nitrogen and oxygen atoms in total. The molecule has 3 rings (SSSR count). The number of thioether (sulfide) groups is 1. The number of alkyl halides is 3. The van der Waals surface area contributed by atoms with Gasteiger partial charge in [-0.1, -0.05) is 0 Å². The lowest BCUT2D eigenvalue weighted by Gasteiger charge is -2.40. The topological polar surface area (TPSA) is 104 Å². The number of carbonyl (C=O) groups is 2. The maximum atomic E-state index is 13.3. The second-order valence-electron chi connectivity index (χ2n) is 7.28. The Labute approximate surface area is 169 Å². The van der Waals surface area contributed by atoms with Crippen LogP contribution in [0, 0.1) is 5.92 Å². The average Bonchev–Trinajstić information content (AvgIpc) is 2.64. The van der Waals surface area contributed by atoms with Gasteiger partial charge in [0.05, 0.1) is 18.6 Å². The van der Waals surface area contributed by atoms with Crippen molar-refractivity contribution in [2.45, 2.75) is 31.0 Å². The fourth-order valence-corrected chi connectivity index (χ4v) is 4.25. The summed E-state index contributed by atoms with van der Waals surface area (Å²) in [6.07, 6.45) is -3.33. The van der Waals surface area contributed by atoms with Crippen LogP contribution in [0.3, 0.4) is 0 Å². The van der Waals surface area contributed by atoms with Crippen LogP contribution >= 0.6 is 11.8 Å². The van der Waals surface area contributed by atoms with Crippen LogP contribution in [-0.2, 0) is 15.7 Å². The van der Waals surface area contributed by atoms with Crippen LogP contribution in [0.2, 0.25) is 0 Å². The van der Waals surface area contributed by atoms with Gasteiger partial charge in [-0.3, -0.25) is 9.59 Å². The minimum atomic E-state index is -4.66. The summed E-state index contributed by atoms with van der Waals surface area (Å²) in [5.41, 5.74) is 3.20. The zero-order valence-corrected chi connectivity index (χ0v) is 16.4. The van der Waals surface area contributed by atoms with E-state index in [1.807, 2.05) is 0 Å². The summed E-state index contributed by atoms with van der Waals surface area (Å²) in [6, 6.07) is 1.79. The zero-order valence-electron chi connectivity index (χ0n) is 15.6. The molecule has 2 amide bonds. The third-order valence-corrected chi connectivity index (χ3v) is 6.36. The number of rotatable bonds is 7. The molecule has 0 aliphatic carbocycles. The average molecular weight is 433 g/mol. The van der Waals surface area contributed by atoms with Crippen molar-refractivity contribution in [1.82, 2.24) is 10.3 Å². The molecular formula is C18H22F3N3O4S. The molecule has 2 aliphatic rings. The molecule has 2 saturated heterocycles. The van der Waals surface area contributed by atoms with Gasteiger partial charge in [-0.25, -0.2) is 4.98 Å². The lowest BCUT2D eigenvalue weighted by Crippen LogP contribution is -2.59. The lowest BCUT2D eigenvalue weighted by atomic mass is 9.98. The molecule has 29 heavy (non-hydrogen) atoms. The molecule has 3 N–H and O–H groups in total. The maximum Gasteiger partial charge on any atom is 0.421 e. The molecular weight excluding hydrogens is 411 g/mol. The van der Waals surface area contributed by atoms with E-state index in [4.69, 9.17) is 15.2 Å². The minimum Gasteiger partial charge on any atom is -0.477 e. The van der Waals surface area contributed by atoms with Crippen LogP contribution in [0.4, 0.5) is 13.2 Å². The van der Waals surface area contributed by atoms with Gasteiger partial charge in [0.15, 0.2) is 0 Å². The van der Waals surface area contributed by atoms with Crippen LogP contribution in [0.25, 0.3) is 0 Å². The van der Waals surface area contributed by atoms with Gasteiger partial charge in [0, 0.05) is 24.7 Å². The number of primary amides is 1. The molecule has 11 heteroatoms. The first kappa shape index (κ1) is 21.7. The molecule has 0 aromatic carbocycles. The molecule has 0 radical (unpaired) electrons. The Balaban J connectivity index is 1.76. The van der Waals surface area contributed by atoms with E-state index >= 15 is 0 Å². The van der Waals surface area contributed by atoms with Gasteiger partial charge in [0.1, 0.15) is 11.3 Å². The number of nitrogens with zero attached hydrogens (tertiary/aromatic N) is 1. The van der Waals surface area contributed by atoms with Crippen molar-refractivity contribution in [2.75, 3.05) is 31.3 Å². The van der Waals surface area contributed by atoms with Gasteiger partial charge in [0.2, 0.25) is 11.8 Å². The minimum absolute atomic E-state index is 0.0422. The summed E-state index contributed by atoms with van der Waals surface area (Å²) in [5, 5.41) is 2.69. The van der Waals surface area contributed by atoms with Crippen LogP contribution in [0.15, 0.2) is 12.1 Å². The fourth-order valence-electron chi connectivity index (χ4n) is 3.21. The van der Waals surface area contributed by atoms with E-state index in [1.165, 1.54) is 11.8 Å². The standard InChI is InChI=1S/C18H22F3N3O4S/c19-18(20,21)12-1-2-13(15(26)24-17(7-14(22)25)9-29-10-17)23-16(12)28-8-11-3-5-27-6-4-11/h1-2,11H,3-10H2,(H2,22,25)(H,24,26). The number of nitrogens with two attached hydrogens (primary N) is 1. The van der Waals surface area contributed by atoms with E-state index in [2.05, 4.69) is 10.3 Å². The second kappa shape index (κ2) is 8.78. The number of pyridine rings is 1. The van der Waals surface area contributed by atoms with Gasteiger partial charge in [-0.2, -0.15) is 24.9 Å². The predicted molar refractivity (Wildman–Crippen MR) is 99.6 cm³/mol. The number of hydrogen-bond donors (Lipinski definition) is 2. The molecule has 0 spiro atoms. The van der Waals surface area contributed by atoms with Crippen molar-refractivity contribution in [3.05, 3.63) is 23.4 Å². The Kier molecular flexibility index (Phi) is 6.57. The normalized spacial score (nSPS) is 19.3. The fraction of sp³-hybridized carbons (Fsp3) is 0.611. The van der Waals surface area contributed by atoms with E-state index in [9.17, 15) is 22.8 Å². The van der Waals surface area contributed by atoms with E-state index < -0.39 is 35.0 Å². The molecule has 3 heterocycles. The molecule has 2 fully saturated rings. The first-order valence-corrected chi connectivity index (χ1v) is 10.3. The molecule has 0 saturated carbocycles. The first-order chi connectivity index (χ1) is 13.7. The highest BCUT2D eigenvalue weighted by atomic mass is 32.2. The molecule has 160 valence electrons. The van der Waals surface area contributed by atoms with Crippen molar-refractivity contribution < 1.29 is 32.2 Å². The molecule has 1 aromatic heterocycles.